The van der Waals surface area contributed by atoms with Crippen LogP contribution in [0.25, 0.3) is 11.0 Å². The normalized spacial score (nSPS) is 20.6. The third-order valence-electron chi connectivity index (χ3n) is 5.14. The highest BCUT2D eigenvalue weighted by molar-refractivity contribution is 7.91. The van der Waals surface area contributed by atoms with Crippen molar-refractivity contribution >= 4 is 26.7 Å². The molecule has 0 spiro atoms. The van der Waals surface area contributed by atoms with Crippen LogP contribution in [0, 0.1) is 6.92 Å². The summed E-state index contributed by atoms with van der Waals surface area (Å²) in [6.07, 6.45) is 2.80. The molecule has 2 heterocycles. The fourth-order valence-corrected chi connectivity index (χ4v) is 5.61. The number of sulfone groups is 1. The van der Waals surface area contributed by atoms with Gasteiger partial charge in [-0.15, -0.1) is 0 Å². The summed E-state index contributed by atoms with van der Waals surface area (Å²) in [5.74, 6) is 0.235. The van der Waals surface area contributed by atoms with E-state index in [-0.39, 0.29) is 35.7 Å². The minimum absolute atomic E-state index is 0.0230. The number of hydrogen-bond acceptors (Lipinski definition) is 6. The van der Waals surface area contributed by atoms with E-state index in [4.69, 9.17) is 9.15 Å². The van der Waals surface area contributed by atoms with E-state index < -0.39 is 9.84 Å². The molecule has 144 valence electrons. The number of ether oxygens (including phenoxy) is 1. The number of carbonyl (C=O) groups excluding carboxylic acids is 1. The molecule has 1 aromatic carbocycles. The Morgan fingerprint density at radius 2 is 2.07 bits per heavy atom. The first-order chi connectivity index (χ1) is 12.8. The van der Waals surface area contributed by atoms with E-state index >= 15 is 0 Å². The molecule has 0 saturated carbocycles. The van der Waals surface area contributed by atoms with Gasteiger partial charge in [-0.25, -0.2) is 13.2 Å². The van der Waals surface area contributed by atoms with Crippen LogP contribution in [0.2, 0.25) is 0 Å². The van der Waals surface area contributed by atoms with E-state index in [1.54, 1.807) is 6.07 Å². The number of nitrogens with one attached hydrogen (secondary N) is 1. The molecule has 8 heteroatoms. The van der Waals surface area contributed by atoms with Crippen molar-refractivity contribution in [2.75, 3.05) is 18.1 Å². The Morgan fingerprint density at radius 1 is 1.30 bits per heavy atom. The van der Waals surface area contributed by atoms with Crippen LogP contribution < -0.4 is 15.7 Å². The topological polar surface area (TPSA) is 103 Å². The van der Waals surface area contributed by atoms with E-state index in [1.165, 1.54) is 0 Å². The second-order valence-electron chi connectivity index (χ2n) is 7.29. The van der Waals surface area contributed by atoms with Crippen LogP contribution in [0.1, 0.15) is 29.5 Å². The standard InChI is InChI=1S/C19H21NO6S/c1-11-7-15(25-9-17(21)20-12-5-6-27(23,24)10-12)18-13-3-2-4-14(13)19(22)26-16(18)8-11/h7-8,12H,2-6,9-10H2,1H3,(H,20,21)/t12-/m1/s1. The summed E-state index contributed by atoms with van der Waals surface area (Å²) in [5.41, 5.74) is 2.67. The Labute approximate surface area is 156 Å². The van der Waals surface area contributed by atoms with Crippen LogP contribution in [0.4, 0.5) is 0 Å². The van der Waals surface area contributed by atoms with Gasteiger partial charge in [0.05, 0.1) is 16.9 Å². The van der Waals surface area contributed by atoms with Gasteiger partial charge in [-0.3, -0.25) is 4.79 Å². The van der Waals surface area contributed by atoms with Crippen LogP contribution in [-0.4, -0.2) is 38.5 Å². The average Bonchev–Trinajstić information content (AvgIpc) is 3.19. The summed E-state index contributed by atoms with van der Waals surface area (Å²) >= 11 is 0. The third kappa shape index (κ3) is 3.58. The van der Waals surface area contributed by atoms with Gasteiger partial charge in [0.25, 0.3) is 5.91 Å². The van der Waals surface area contributed by atoms with Gasteiger partial charge in [-0.05, 0) is 55.9 Å². The number of aryl methyl sites for hydroxylation is 2. The molecule has 1 aliphatic heterocycles. The number of amides is 1. The molecule has 1 aliphatic carbocycles. The van der Waals surface area contributed by atoms with Crippen molar-refractivity contribution in [1.29, 1.82) is 0 Å². The van der Waals surface area contributed by atoms with Crippen LogP contribution >= 0.6 is 0 Å². The molecule has 2 aliphatic rings. The summed E-state index contributed by atoms with van der Waals surface area (Å²) in [6.45, 7) is 1.64. The Bertz CT molecular complexity index is 1090. The number of rotatable bonds is 4. The number of carbonyl (C=O) groups is 1. The van der Waals surface area contributed by atoms with Gasteiger partial charge in [0.2, 0.25) is 0 Å². The van der Waals surface area contributed by atoms with Crippen LogP contribution in [-0.2, 0) is 27.5 Å². The highest BCUT2D eigenvalue weighted by Gasteiger charge is 2.29. The van der Waals surface area contributed by atoms with Crippen molar-refractivity contribution in [2.24, 2.45) is 0 Å². The lowest BCUT2D eigenvalue weighted by Crippen LogP contribution is -2.38. The molecule has 1 aromatic heterocycles. The quantitative estimate of drug-likeness (QED) is 0.788. The Hall–Kier alpha value is -2.35. The molecule has 1 amide bonds. The second kappa shape index (κ2) is 6.67. The smallest absolute Gasteiger partial charge is 0.339 e. The maximum atomic E-state index is 12.2. The first-order valence-electron chi connectivity index (χ1n) is 9.04. The fourth-order valence-electron chi connectivity index (χ4n) is 3.94. The van der Waals surface area contributed by atoms with Crippen LogP contribution in [0.15, 0.2) is 21.3 Å². The zero-order chi connectivity index (χ0) is 19.2. The SMILES string of the molecule is Cc1cc(OCC(=O)N[C@@H]2CCS(=O)(=O)C2)c2c3c(c(=O)oc2c1)CCC3. The molecule has 4 rings (SSSR count). The monoisotopic (exact) mass is 391 g/mol. The molecule has 0 unspecified atom stereocenters. The highest BCUT2D eigenvalue weighted by atomic mass is 32.2. The average molecular weight is 391 g/mol. The van der Waals surface area contributed by atoms with Gasteiger partial charge in [-0.2, -0.15) is 0 Å². The molecule has 2 aromatic rings. The first-order valence-corrected chi connectivity index (χ1v) is 10.9. The van der Waals surface area contributed by atoms with E-state index in [0.717, 1.165) is 29.4 Å². The predicted octanol–water partition coefficient (Wildman–Crippen LogP) is 1.27. The molecule has 0 radical (unpaired) electrons. The third-order valence-corrected chi connectivity index (χ3v) is 6.90. The lowest BCUT2D eigenvalue weighted by molar-refractivity contribution is -0.123. The van der Waals surface area contributed by atoms with Gasteiger partial charge in [-0.1, -0.05) is 0 Å². The minimum atomic E-state index is -3.05. The molecule has 27 heavy (non-hydrogen) atoms. The summed E-state index contributed by atoms with van der Waals surface area (Å²) in [6, 6.07) is 3.27. The maximum Gasteiger partial charge on any atom is 0.339 e. The van der Waals surface area contributed by atoms with Crippen molar-refractivity contribution in [1.82, 2.24) is 5.32 Å². The number of hydrogen-bond donors (Lipinski definition) is 1. The zero-order valence-electron chi connectivity index (χ0n) is 15.0. The van der Waals surface area contributed by atoms with Crippen molar-refractivity contribution in [3.63, 3.8) is 0 Å². The van der Waals surface area contributed by atoms with Crippen molar-refractivity contribution in [3.05, 3.63) is 39.2 Å². The Balaban J connectivity index is 1.56. The predicted molar refractivity (Wildman–Crippen MR) is 99.9 cm³/mol. The molecule has 1 atom stereocenters. The van der Waals surface area contributed by atoms with E-state index in [9.17, 15) is 18.0 Å². The Morgan fingerprint density at radius 3 is 2.81 bits per heavy atom. The molecule has 1 N–H and O–H groups in total. The largest absolute Gasteiger partial charge is 0.483 e. The van der Waals surface area contributed by atoms with Gasteiger partial charge >= 0.3 is 5.63 Å². The molecule has 1 fully saturated rings. The zero-order valence-corrected chi connectivity index (χ0v) is 15.9. The Kier molecular flexibility index (Phi) is 4.46. The molecular weight excluding hydrogens is 370 g/mol. The maximum absolute atomic E-state index is 12.2. The molecule has 0 bridgehead atoms. The van der Waals surface area contributed by atoms with Crippen molar-refractivity contribution in [3.8, 4) is 5.75 Å². The molecule has 7 nitrogen and oxygen atoms in total. The lowest BCUT2D eigenvalue weighted by atomic mass is 10.0. The summed E-state index contributed by atoms with van der Waals surface area (Å²) in [4.78, 5) is 24.3. The molecule has 1 saturated heterocycles. The number of fused-ring (bicyclic) bond motifs is 3. The highest BCUT2D eigenvalue weighted by Crippen LogP contribution is 2.35. The summed E-state index contributed by atoms with van der Waals surface area (Å²) < 4.78 is 34.2. The summed E-state index contributed by atoms with van der Waals surface area (Å²) in [7, 11) is -3.05. The second-order valence-corrected chi connectivity index (χ2v) is 9.52. The summed E-state index contributed by atoms with van der Waals surface area (Å²) in [5, 5.41) is 3.47. The van der Waals surface area contributed by atoms with E-state index in [2.05, 4.69) is 5.32 Å². The van der Waals surface area contributed by atoms with Gasteiger partial charge in [0.15, 0.2) is 16.4 Å². The fraction of sp³-hybridized carbons (Fsp3) is 0.474. The van der Waals surface area contributed by atoms with Gasteiger partial charge < -0.3 is 14.5 Å². The van der Waals surface area contributed by atoms with Crippen molar-refractivity contribution < 1.29 is 22.4 Å². The van der Waals surface area contributed by atoms with Gasteiger partial charge in [0.1, 0.15) is 11.3 Å². The first kappa shape index (κ1) is 18.0. The van der Waals surface area contributed by atoms with E-state index in [1.807, 2.05) is 13.0 Å². The van der Waals surface area contributed by atoms with Crippen LogP contribution in [0.5, 0.6) is 5.75 Å². The van der Waals surface area contributed by atoms with Crippen LogP contribution in [0.3, 0.4) is 0 Å². The van der Waals surface area contributed by atoms with Crippen molar-refractivity contribution in [2.45, 2.75) is 38.6 Å². The number of benzene rings is 1. The molecular formula is C19H21NO6S. The minimum Gasteiger partial charge on any atom is -0.483 e. The van der Waals surface area contributed by atoms with Gasteiger partial charge in [0, 0.05) is 11.6 Å². The lowest BCUT2D eigenvalue weighted by Gasteiger charge is -2.14. The van der Waals surface area contributed by atoms with E-state index in [0.29, 0.717) is 29.7 Å².